The maximum atomic E-state index is 5.10. The fourth-order valence-corrected chi connectivity index (χ4v) is 3.56. The zero-order chi connectivity index (χ0) is 14.9. The quantitative estimate of drug-likeness (QED) is 0.672. The second-order valence-electron chi connectivity index (χ2n) is 5.23. The van der Waals surface area contributed by atoms with E-state index in [-0.39, 0.29) is 0 Å². The first kappa shape index (κ1) is 16.7. The van der Waals surface area contributed by atoms with Crippen molar-refractivity contribution in [1.29, 1.82) is 0 Å². The van der Waals surface area contributed by atoms with Crippen molar-refractivity contribution in [3.8, 4) is 0 Å². The highest BCUT2D eigenvalue weighted by Gasteiger charge is 2.11. The molecule has 0 amide bonds. The number of hydrogen-bond donors (Lipinski definition) is 1. The number of nitrogens with one attached hydrogen (secondary N) is 1. The Morgan fingerprint density at radius 2 is 2.10 bits per heavy atom. The van der Waals surface area contributed by atoms with Crippen LogP contribution in [0.5, 0.6) is 0 Å². The Labute approximate surface area is 139 Å². The van der Waals surface area contributed by atoms with Crippen LogP contribution < -0.4 is 5.32 Å². The fraction of sp³-hybridized carbons (Fsp3) is 0.412. The molecule has 0 aliphatic carbocycles. The minimum Gasteiger partial charge on any atom is -0.383 e. The highest BCUT2D eigenvalue weighted by atomic mass is 79.9. The zero-order valence-electron chi connectivity index (χ0n) is 12.3. The lowest BCUT2D eigenvalue weighted by molar-refractivity contribution is 0.197. The summed E-state index contributed by atoms with van der Waals surface area (Å²) in [4.78, 5) is 0. The van der Waals surface area contributed by atoms with Gasteiger partial charge in [-0.3, -0.25) is 0 Å². The zero-order valence-corrected chi connectivity index (χ0v) is 14.8. The van der Waals surface area contributed by atoms with E-state index in [9.17, 15) is 0 Å². The monoisotopic (exact) mass is 367 g/mol. The molecular weight excluding hydrogens is 346 g/mol. The number of hydrogen-bond acceptors (Lipinski definition) is 3. The molecule has 1 aromatic carbocycles. The highest BCUT2D eigenvalue weighted by molar-refractivity contribution is 9.10. The van der Waals surface area contributed by atoms with Crippen LogP contribution in [0, 0.1) is 5.92 Å². The Hall–Kier alpha value is -0.680. The molecule has 2 nitrogen and oxygen atoms in total. The highest BCUT2D eigenvalue weighted by Crippen LogP contribution is 2.19. The van der Waals surface area contributed by atoms with Gasteiger partial charge in [0, 0.05) is 18.1 Å². The molecule has 0 aliphatic heterocycles. The van der Waals surface area contributed by atoms with Gasteiger partial charge in [0.25, 0.3) is 0 Å². The van der Waals surface area contributed by atoms with E-state index in [1.54, 1.807) is 18.4 Å². The van der Waals surface area contributed by atoms with Gasteiger partial charge in [-0.1, -0.05) is 28.1 Å². The Kier molecular flexibility index (Phi) is 7.44. The molecule has 2 rings (SSSR count). The number of methoxy groups -OCH3 is 1. The van der Waals surface area contributed by atoms with Gasteiger partial charge in [0.2, 0.25) is 0 Å². The maximum absolute atomic E-state index is 5.10. The van der Waals surface area contributed by atoms with E-state index < -0.39 is 0 Å². The van der Waals surface area contributed by atoms with Gasteiger partial charge in [-0.15, -0.1) is 0 Å². The third kappa shape index (κ3) is 6.30. The van der Waals surface area contributed by atoms with Crippen LogP contribution in [0.2, 0.25) is 0 Å². The van der Waals surface area contributed by atoms with Crippen molar-refractivity contribution >= 4 is 27.3 Å². The average molecular weight is 368 g/mol. The van der Waals surface area contributed by atoms with Crippen molar-refractivity contribution in [2.45, 2.75) is 12.8 Å². The molecule has 1 N–H and O–H groups in total. The molecule has 0 fully saturated rings. The van der Waals surface area contributed by atoms with Crippen LogP contribution in [-0.2, 0) is 17.6 Å². The summed E-state index contributed by atoms with van der Waals surface area (Å²) in [5, 5.41) is 7.91. The van der Waals surface area contributed by atoms with Crippen molar-refractivity contribution in [3.05, 3.63) is 56.7 Å². The molecule has 0 bridgehead atoms. The van der Waals surface area contributed by atoms with Gasteiger partial charge in [0.15, 0.2) is 0 Å². The summed E-state index contributed by atoms with van der Waals surface area (Å²) in [6.07, 6.45) is 2.21. The summed E-state index contributed by atoms with van der Waals surface area (Å²) < 4.78 is 6.25. The molecule has 0 radical (unpaired) electrons. The number of ether oxygens (including phenoxy) is 1. The lowest BCUT2D eigenvalue weighted by atomic mass is 9.93. The summed E-state index contributed by atoms with van der Waals surface area (Å²) >= 11 is 5.33. The topological polar surface area (TPSA) is 21.3 Å². The van der Waals surface area contributed by atoms with E-state index in [1.807, 2.05) is 0 Å². The molecule has 1 atom stereocenters. The lowest BCUT2D eigenvalue weighted by Crippen LogP contribution is -2.28. The minimum absolute atomic E-state index is 0.603. The summed E-state index contributed by atoms with van der Waals surface area (Å²) in [7, 11) is 1.74. The second kappa shape index (κ2) is 9.36. The summed E-state index contributed by atoms with van der Waals surface area (Å²) in [5.74, 6) is 0.603. The first-order chi connectivity index (χ1) is 10.3. The van der Waals surface area contributed by atoms with Crippen LogP contribution in [0.3, 0.4) is 0 Å². The van der Waals surface area contributed by atoms with Crippen LogP contribution >= 0.6 is 27.3 Å². The molecule has 0 saturated heterocycles. The Balaban J connectivity index is 1.93. The molecule has 0 saturated carbocycles. The molecule has 0 spiro atoms. The van der Waals surface area contributed by atoms with Crippen LogP contribution in [0.15, 0.2) is 45.6 Å². The van der Waals surface area contributed by atoms with E-state index >= 15 is 0 Å². The molecule has 1 heterocycles. The van der Waals surface area contributed by atoms with Crippen molar-refractivity contribution < 1.29 is 4.74 Å². The summed E-state index contributed by atoms with van der Waals surface area (Å²) in [6.45, 7) is 2.70. The number of rotatable bonds is 9. The number of halogens is 1. The van der Waals surface area contributed by atoms with Crippen LogP contribution in [0.1, 0.15) is 11.1 Å². The van der Waals surface area contributed by atoms with Crippen LogP contribution in [0.25, 0.3) is 0 Å². The first-order valence-corrected chi connectivity index (χ1v) is 8.96. The summed E-state index contributed by atoms with van der Waals surface area (Å²) in [6, 6.07) is 10.8. The first-order valence-electron chi connectivity index (χ1n) is 7.23. The van der Waals surface area contributed by atoms with Crippen molar-refractivity contribution in [2.24, 2.45) is 5.92 Å². The molecule has 1 unspecified atom stereocenters. The van der Waals surface area contributed by atoms with E-state index in [4.69, 9.17) is 4.74 Å². The van der Waals surface area contributed by atoms with Crippen molar-refractivity contribution in [2.75, 3.05) is 26.8 Å². The average Bonchev–Trinajstić information content (AvgIpc) is 2.96. The molecule has 0 aliphatic rings. The van der Waals surface area contributed by atoms with E-state index in [2.05, 4.69) is 62.3 Å². The summed E-state index contributed by atoms with van der Waals surface area (Å²) in [5.41, 5.74) is 2.83. The van der Waals surface area contributed by atoms with Crippen LogP contribution in [-0.4, -0.2) is 26.8 Å². The van der Waals surface area contributed by atoms with Crippen molar-refractivity contribution in [1.82, 2.24) is 5.32 Å². The Morgan fingerprint density at radius 3 is 2.81 bits per heavy atom. The second-order valence-corrected chi connectivity index (χ2v) is 6.93. The van der Waals surface area contributed by atoms with Gasteiger partial charge in [-0.25, -0.2) is 0 Å². The van der Waals surface area contributed by atoms with Gasteiger partial charge < -0.3 is 10.1 Å². The van der Waals surface area contributed by atoms with Gasteiger partial charge in [0.05, 0.1) is 6.61 Å². The Bertz CT molecular complexity index is 515. The minimum atomic E-state index is 0.603. The number of benzene rings is 1. The third-order valence-electron chi connectivity index (χ3n) is 3.43. The molecule has 2 aromatic rings. The molecule has 114 valence electrons. The molecule has 21 heavy (non-hydrogen) atoms. The van der Waals surface area contributed by atoms with Gasteiger partial charge in [0.1, 0.15) is 0 Å². The van der Waals surface area contributed by atoms with E-state index in [1.165, 1.54) is 11.1 Å². The van der Waals surface area contributed by atoms with Crippen LogP contribution in [0.4, 0.5) is 0 Å². The lowest BCUT2D eigenvalue weighted by Gasteiger charge is -2.17. The maximum Gasteiger partial charge on any atom is 0.0587 e. The van der Waals surface area contributed by atoms with E-state index in [0.29, 0.717) is 5.92 Å². The smallest absolute Gasteiger partial charge is 0.0587 e. The van der Waals surface area contributed by atoms with E-state index in [0.717, 1.165) is 37.0 Å². The van der Waals surface area contributed by atoms with Gasteiger partial charge >= 0.3 is 0 Å². The van der Waals surface area contributed by atoms with Crippen molar-refractivity contribution in [3.63, 3.8) is 0 Å². The molecule has 1 aromatic heterocycles. The Morgan fingerprint density at radius 1 is 1.24 bits per heavy atom. The predicted molar refractivity (Wildman–Crippen MR) is 94.1 cm³/mol. The largest absolute Gasteiger partial charge is 0.383 e. The third-order valence-corrected chi connectivity index (χ3v) is 4.66. The predicted octanol–water partition coefficient (Wildman–Crippen LogP) is 4.15. The standard InChI is InChI=1S/C17H22BrNOS/c1-20-7-6-19-12-16(10-15-5-8-21-13-15)9-14-3-2-4-17(18)11-14/h2-5,8,11,13,16,19H,6-7,9-10,12H2,1H3. The fourth-order valence-electron chi connectivity index (χ4n) is 2.44. The van der Waals surface area contributed by atoms with Gasteiger partial charge in [-0.2, -0.15) is 11.3 Å². The number of thiophene rings is 1. The van der Waals surface area contributed by atoms with Gasteiger partial charge in [-0.05, 0) is 65.4 Å². The normalized spacial score (nSPS) is 12.5. The molecule has 4 heteroatoms. The SMILES string of the molecule is COCCNCC(Cc1ccsc1)Cc1cccc(Br)c1. The molecular formula is C17H22BrNOS.